The number of hydrogen-bond acceptors (Lipinski definition) is 2. The third-order valence-corrected chi connectivity index (χ3v) is 6.18. The Bertz CT molecular complexity index is 941. The van der Waals surface area contributed by atoms with Crippen LogP contribution in [-0.4, -0.2) is 5.75 Å². The lowest BCUT2D eigenvalue weighted by molar-refractivity contribution is 0.927. The molecule has 1 nitrogen and oxygen atoms in total. The average Bonchev–Trinajstić information content (AvgIpc) is 2.95. The molecule has 0 heterocycles. The van der Waals surface area contributed by atoms with Gasteiger partial charge in [0.1, 0.15) is 0 Å². The van der Waals surface area contributed by atoms with Crippen molar-refractivity contribution < 1.29 is 0 Å². The van der Waals surface area contributed by atoms with Crippen LogP contribution >= 0.6 is 11.9 Å². The van der Waals surface area contributed by atoms with Crippen LogP contribution in [0.3, 0.4) is 0 Å². The molecule has 30 heavy (non-hydrogen) atoms. The summed E-state index contributed by atoms with van der Waals surface area (Å²) in [6, 6.07) is 17.6. The molecule has 0 aliphatic heterocycles. The molecule has 0 aromatic heterocycles. The van der Waals surface area contributed by atoms with Crippen molar-refractivity contribution in [2.45, 2.75) is 45.4 Å². The standard InChI is InChI=1S/C28H31NS/c1-3-5-6-7-8-11-23-14-17-25-12-9-10-13-28(25)26(21-23)22-24-15-18-27(19-16-24)29-30-20-4-2/h1,6-7,9-13,15-16,18-19,22,29H,4-5,8,14,17,20-21H2,2H3/b7-6-,23-11-,26-22+. The highest BCUT2D eigenvalue weighted by molar-refractivity contribution is 8.00. The molecular formula is C28H31NS. The highest BCUT2D eigenvalue weighted by Gasteiger charge is 2.15. The zero-order chi connectivity index (χ0) is 21.0. The lowest BCUT2D eigenvalue weighted by Crippen LogP contribution is -1.90. The fourth-order valence-corrected chi connectivity index (χ4v) is 4.25. The monoisotopic (exact) mass is 413 g/mol. The molecule has 1 aliphatic carbocycles. The zero-order valence-corrected chi connectivity index (χ0v) is 18.7. The first kappa shape index (κ1) is 22.1. The van der Waals surface area contributed by atoms with E-state index in [0.29, 0.717) is 6.42 Å². The summed E-state index contributed by atoms with van der Waals surface area (Å²) < 4.78 is 3.41. The van der Waals surface area contributed by atoms with Crippen LogP contribution in [0, 0.1) is 12.3 Å². The summed E-state index contributed by atoms with van der Waals surface area (Å²) >= 11 is 1.76. The average molecular weight is 414 g/mol. The van der Waals surface area contributed by atoms with Crippen molar-refractivity contribution in [3.63, 3.8) is 0 Å². The topological polar surface area (TPSA) is 12.0 Å². The largest absolute Gasteiger partial charge is 0.330 e. The second-order valence-corrected chi connectivity index (χ2v) is 8.45. The number of terminal acetylenes is 1. The molecule has 2 heteroatoms. The summed E-state index contributed by atoms with van der Waals surface area (Å²) in [5, 5.41) is 0. The molecule has 154 valence electrons. The number of rotatable bonds is 8. The predicted octanol–water partition coefficient (Wildman–Crippen LogP) is 7.93. The van der Waals surface area contributed by atoms with Crippen LogP contribution < -0.4 is 4.72 Å². The van der Waals surface area contributed by atoms with Gasteiger partial charge in [0.05, 0.1) is 0 Å². The minimum atomic E-state index is 0.710. The van der Waals surface area contributed by atoms with Gasteiger partial charge in [0.15, 0.2) is 0 Å². The maximum absolute atomic E-state index is 5.32. The van der Waals surface area contributed by atoms with Crippen molar-refractivity contribution in [3.8, 4) is 12.3 Å². The number of fused-ring (bicyclic) bond motifs is 1. The first-order valence-corrected chi connectivity index (χ1v) is 11.8. The van der Waals surface area contributed by atoms with Crippen molar-refractivity contribution in [3.05, 3.63) is 89.0 Å². The molecule has 0 amide bonds. The summed E-state index contributed by atoms with van der Waals surface area (Å²) in [6.45, 7) is 2.20. The molecule has 1 N–H and O–H groups in total. The van der Waals surface area contributed by atoms with E-state index in [2.05, 4.69) is 90.4 Å². The van der Waals surface area contributed by atoms with Gasteiger partial charge in [0.2, 0.25) is 0 Å². The number of hydrogen-bond donors (Lipinski definition) is 1. The maximum Gasteiger partial charge on any atom is 0.0440 e. The Morgan fingerprint density at radius 1 is 1.07 bits per heavy atom. The van der Waals surface area contributed by atoms with Crippen molar-refractivity contribution in [1.29, 1.82) is 0 Å². The SMILES string of the molecule is C#CC/C=C\C/C=C1/CCc2ccccc2/C(=C/c2ccc(NSCCC)cc2)C1. The van der Waals surface area contributed by atoms with E-state index in [1.54, 1.807) is 11.9 Å². The van der Waals surface area contributed by atoms with Gasteiger partial charge in [0.25, 0.3) is 0 Å². The number of allylic oxidation sites excluding steroid dienone is 5. The third kappa shape index (κ3) is 6.71. The van der Waals surface area contributed by atoms with E-state index in [-0.39, 0.29) is 0 Å². The first-order valence-electron chi connectivity index (χ1n) is 10.8. The molecule has 2 aromatic rings. The Morgan fingerprint density at radius 2 is 1.90 bits per heavy atom. The maximum atomic E-state index is 5.32. The van der Waals surface area contributed by atoms with Crippen LogP contribution in [-0.2, 0) is 6.42 Å². The first-order chi connectivity index (χ1) is 14.8. The quantitative estimate of drug-likeness (QED) is 0.155. The van der Waals surface area contributed by atoms with Crippen molar-refractivity contribution in [2.24, 2.45) is 0 Å². The van der Waals surface area contributed by atoms with Gasteiger partial charge in [-0.3, -0.25) is 0 Å². The second-order valence-electron chi connectivity index (χ2n) is 7.55. The second kappa shape index (κ2) is 12.2. The summed E-state index contributed by atoms with van der Waals surface area (Å²) in [5.41, 5.74) is 8.17. The van der Waals surface area contributed by atoms with E-state index in [0.717, 1.165) is 37.1 Å². The molecular weight excluding hydrogens is 382 g/mol. The highest BCUT2D eigenvalue weighted by atomic mass is 32.2. The van der Waals surface area contributed by atoms with Gasteiger partial charge in [-0.2, -0.15) is 0 Å². The zero-order valence-electron chi connectivity index (χ0n) is 17.9. The van der Waals surface area contributed by atoms with E-state index in [4.69, 9.17) is 6.42 Å². The Kier molecular flexibility index (Phi) is 8.94. The Morgan fingerprint density at radius 3 is 2.70 bits per heavy atom. The van der Waals surface area contributed by atoms with E-state index in [1.807, 2.05) is 0 Å². The summed E-state index contributed by atoms with van der Waals surface area (Å²) in [6.07, 6.45) is 20.4. The molecule has 0 spiro atoms. The Balaban J connectivity index is 1.80. The number of nitrogens with one attached hydrogen (secondary N) is 1. The predicted molar refractivity (Wildman–Crippen MR) is 135 cm³/mol. The van der Waals surface area contributed by atoms with E-state index < -0.39 is 0 Å². The fraction of sp³-hybridized carbons (Fsp3) is 0.286. The molecule has 3 rings (SSSR count). The van der Waals surface area contributed by atoms with Gasteiger partial charge in [-0.15, -0.1) is 12.3 Å². The van der Waals surface area contributed by atoms with Gasteiger partial charge < -0.3 is 4.72 Å². The lowest BCUT2D eigenvalue weighted by Gasteiger charge is -2.10. The molecule has 0 saturated carbocycles. The van der Waals surface area contributed by atoms with Crippen LogP contribution in [0.2, 0.25) is 0 Å². The number of anilines is 1. The molecule has 0 atom stereocenters. The smallest absolute Gasteiger partial charge is 0.0440 e. The van der Waals surface area contributed by atoms with Crippen LogP contribution in [0.25, 0.3) is 11.6 Å². The van der Waals surface area contributed by atoms with E-state index in [1.165, 1.54) is 34.3 Å². The minimum absolute atomic E-state index is 0.710. The van der Waals surface area contributed by atoms with Gasteiger partial charge >= 0.3 is 0 Å². The van der Waals surface area contributed by atoms with Crippen molar-refractivity contribution >= 4 is 29.3 Å². The Hall–Kier alpha value is -2.63. The third-order valence-electron chi connectivity index (χ3n) is 5.19. The summed E-state index contributed by atoms with van der Waals surface area (Å²) in [7, 11) is 0. The van der Waals surface area contributed by atoms with Gasteiger partial charge in [-0.25, -0.2) is 0 Å². The van der Waals surface area contributed by atoms with Crippen molar-refractivity contribution in [1.82, 2.24) is 0 Å². The highest BCUT2D eigenvalue weighted by Crippen LogP contribution is 2.34. The Labute approximate surface area is 186 Å². The lowest BCUT2D eigenvalue weighted by atomic mass is 9.95. The van der Waals surface area contributed by atoms with E-state index >= 15 is 0 Å². The molecule has 1 aliphatic rings. The molecule has 0 saturated heterocycles. The van der Waals surface area contributed by atoms with Crippen LogP contribution in [0.1, 0.15) is 55.7 Å². The van der Waals surface area contributed by atoms with Crippen LogP contribution in [0.15, 0.2) is 72.3 Å². The van der Waals surface area contributed by atoms with Gasteiger partial charge in [0, 0.05) is 17.9 Å². The minimum Gasteiger partial charge on any atom is -0.330 e. The number of benzene rings is 2. The molecule has 0 radical (unpaired) electrons. The number of aryl methyl sites for hydroxylation is 1. The van der Waals surface area contributed by atoms with Gasteiger partial charge in [-0.05, 0) is 66.5 Å². The summed E-state index contributed by atoms with van der Waals surface area (Å²) in [4.78, 5) is 0. The fourth-order valence-electron chi connectivity index (χ4n) is 3.65. The summed E-state index contributed by atoms with van der Waals surface area (Å²) in [5.74, 6) is 3.78. The van der Waals surface area contributed by atoms with Crippen LogP contribution in [0.5, 0.6) is 0 Å². The van der Waals surface area contributed by atoms with Crippen LogP contribution in [0.4, 0.5) is 5.69 Å². The molecule has 0 bridgehead atoms. The molecule has 0 fully saturated rings. The molecule has 0 unspecified atom stereocenters. The van der Waals surface area contributed by atoms with Gasteiger partial charge in [-0.1, -0.05) is 85.1 Å². The molecule has 2 aromatic carbocycles. The normalized spacial score (nSPS) is 16.4. The van der Waals surface area contributed by atoms with Crippen molar-refractivity contribution in [2.75, 3.05) is 10.5 Å². The van der Waals surface area contributed by atoms with E-state index in [9.17, 15) is 0 Å².